The first-order valence-corrected chi connectivity index (χ1v) is 12.6. The molecule has 0 aliphatic heterocycles. The van der Waals surface area contributed by atoms with Gasteiger partial charge in [0.2, 0.25) is 0 Å². The highest BCUT2D eigenvalue weighted by atomic mass is 15.3. The highest BCUT2D eigenvalue weighted by molar-refractivity contribution is 4.81. The Morgan fingerprint density at radius 2 is 0.778 bits per heavy atom. The Balaban J connectivity index is 3.29. The predicted molar refractivity (Wildman–Crippen MR) is 125 cm³/mol. The summed E-state index contributed by atoms with van der Waals surface area (Å²) in [7, 11) is 4.84. The third-order valence-corrected chi connectivity index (χ3v) is 5.89. The summed E-state index contributed by atoms with van der Waals surface area (Å²) in [5.74, 6) is 0. The SMILES string of the molecule is CCCCCCCC/C=C\CCCCCCCC[N+](C)(C)CCCCCC. The van der Waals surface area contributed by atoms with E-state index < -0.39 is 0 Å². The molecular formula is C26H54N+. The molecule has 1 nitrogen and oxygen atoms in total. The molecule has 0 amide bonds. The molecule has 0 rings (SSSR count). The minimum atomic E-state index is 1.23. The van der Waals surface area contributed by atoms with Crippen molar-refractivity contribution in [3.8, 4) is 0 Å². The van der Waals surface area contributed by atoms with Crippen LogP contribution >= 0.6 is 0 Å². The Kier molecular flexibility index (Phi) is 20.2. The Bertz CT molecular complexity index is 305. The predicted octanol–water partition coefficient (Wildman–Crippen LogP) is 8.68. The average Bonchev–Trinajstić information content (AvgIpc) is 2.65. The fraction of sp³-hybridized carbons (Fsp3) is 0.923. The minimum absolute atomic E-state index is 1.23. The second-order valence-electron chi connectivity index (χ2n) is 9.38. The van der Waals surface area contributed by atoms with Gasteiger partial charge in [0.25, 0.3) is 0 Å². The molecule has 0 spiro atoms. The summed E-state index contributed by atoms with van der Waals surface area (Å²) < 4.78 is 1.23. The summed E-state index contributed by atoms with van der Waals surface area (Å²) >= 11 is 0. The van der Waals surface area contributed by atoms with Crippen molar-refractivity contribution in [3.63, 3.8) is 0 Å². The molecular weight excluding hydrogens is 326 g/mol. The van der Waals surface area contributed by atoms with E-state index in [0.717, 1.165) is 0 Å². The van der Waals surface area contributed by atoms with Gasteiger partial charge < -0.3 is 4.48 Å². The molecule has 162 valence electrons. The number of hydrogen-bond acceptors (Lipinski definition) is 0. The van der Waals surface area contributed by atoms with Crippen LogP contribution in [0, 0.1) is 0 Å². The van der Waals surface area contributed by atoms with E-state index in [0.29, 0.717) is 0 Å². The van der Waals surface area contributed by atoms with Gasteiger partial charge in [-0.25, -0.2) is 0 Å². The topological polar surface area (TPSA) is 0 Å². The lowest BCUT2D eigenvalue weighted by Gasteiger charge is -2.30. The smallest absolute Gasteiger partial charge is 0.0782 e. The van der Waals surface area contributed by atoms with Crippen molar-refractivity contribution >= 4 is 0 Å². The van der Waals surface area contributed by atoms with Crippen LogP contribution in [0.25, 0.3) is 0 Å². The zero-order valence-corrected chi connectivity index (χ0v) is 19.7. The van der Waals surface area contributed by atoms with Crippen molar-refractivity contribution < 1.29 is 4.48 Å². The van der Waals surface area contributed by atoms with Crippen molar-refractivity contribution in [2.45, 2.75) is 129 Å². The molecule has 0 saturated heterocycles. The van der Waals surface area contributed by atoms with Crippen LogP contribution in [-0.2, 0) is 0 Å². The number of nitrogens with zero attached hydrogens (tertiary/aromatic N) is 1. The molecule has 0 N–H and O–H groups in total. The lowest BCUT2D eigenvalue weighted by Crippen LogP contribution is -2.41. The van der Waals surface area contributed by atoms with Gasteiger partial charge in [-0.3, -0.25) is 0 Å². The summed E-state index contributed by atoms with van der Waals surface area (Å²) in [5, 5.41) is 0. The number of quaternary nitrogens is 1. The number of allylic oxidation sites excluding steroid dienone is 2. The first-order valence-electron chi connectivity index (χ1n) is 12.6. The Hall–Kier alpha value is -0.300. The maximum Gasteiger partial charge on any atom is 0.0782 e. The maximum absolute atomic E-state index is 2.44. The zero-order chi connectivity index (χ0) is 20.1. The molecule has 0 unspecified atom stereocenters. The lowest BCUT2D eigenvalue weighted by molar-refractivity contribution is -0.890. The maximum atomic E-state index is 2.44. The van der Waals surface area contributed by atoms with Crippen LogP contribution in [0.1, 0.15) is 129 Å². The van der Waals surface area contributed by atoms with Gasteiger partial charge in [-0.05, 0) is 51.4 Å². The molecule has 0 aromatic carbocycles. The molecule has 0 aliphatic rings. The summed E-state index contributed by atoms with van der Waals surface area (Å²) in [5.41, 5.74) is 0. The Labute approximate surface area is 173 Å². The fourth-order valence-corrected chi connectivity index (χ4v) is 3.87. The molecule has 27 heavy (non-hydrogen) atoms. The zero-order valence-electron chi connectivity index (χ0n) is 19.7. The van der Waals surface area contributed by atoms with E-state index in [2.05, 4.69) is 40.1 Å². The Morgan fingerprint density at radius 1 is 0.444 bits per heavy atom. The van der Waals surface area contributed by atoms with E-state index in [-0.39, 0.29) is 0 Å². The van der Waals surface area contributed by atoms with Crippen LogP contribution in [0.3, 0.4) is 0 Å². The molecule has 1 heteroatoms. The quantitative estimate of drug-likeness (QED) is 0.106. The summed E-state index contributed by atoms with van der Waals surface area (Å²) in [6, 6.07) is 0. The number of unbranched alkanes of at least 4 members (excludes halogenated alkanes) is 15. The molecule has 0 aromatic rings. The van der Waals surface area contributed by atoms with Crippen LogP contribution in [0.4, 0.5) is 0 Å². The van der Waals surface area contributed by atoms with E-state index in [1.807, 2.05) is 0 Å². The molecule has 0 heterocycles. The van der Waals surface area contributed by atoms with E-state index in [9.17, 15) is 0 Å². The lowest BCUT2D eigenvalue weighted by atomic mass is 10.1. The van der Waals surface area contributed by atoms with Crippen LogP contribution in [-0.4, -0.2) is 31.7 Å². The van der Waals surface area contributed by atoms with Crippen molar-refractivity contribution in [1.82, 2.24) is 0 Å². The van der Waals surface area contributed by atoms with Gasteiger partial charge >= 0.3 is 0 Å². The molecule has 0 fully saturated rings. The standard InChI is InChI=1S/C26H54N/c1-5-7-9-11-12-13-14-15-16-17-18-19-20-21-22-24-26-27(3,4)25-23-10-8-6-2/h15-16H,5-14,17-26H2,1-4H3/q+1/b16-15-. The van der Waals surface area contributed by atoms with Gasteiger partial charge in [-0.15, -0.1) is 0 Å². The van der Waals surface area contributed by atoms with Crippen molar-refractivity contribution in [3.05, 3.63) is 12.2 Å². The van der Waals surface area contributed by atoms with Crippen molar-refractivity contribution in [2.75, 3.05) is 27.2 Å². The summed E-state index contributed by atoms with van der Waals surface area (Å²) in [6.07, 6.45) is 30.1. The molecule has 0 saturated carbocycles. The summed E-state index contributed by atoms with van der Waals surface area (Å²) in [6.45, 7) is 7.32. The molecule has 0 bridgehead atoms. The first kappa shape index (κ1) is 26.7. The van der Waals surface area contributed by atoms with Crippen LogP contribution < -0.4 is 0 Å². The highest BCUT2D eigenvalue weighted by Crippen LogP contribution is 2.12. The van der Waals surface area contributed by atoms with Gasteiger partial charge in [0.1, 0.15) is 0 Å². The van der Waals surface area contributed by atoms with Gasteiger partial charge in [0.15, 0.2) is 0 Å². The summed E-state index contributed by atoms with van der Waals surface area (Å²) in [4.78, 5) is 0. The van der Waals surface area contributed by atoms with Gasteiger partial charge in [0, 0.05) is 0 Å². The fourth-order valence-electron chi connectivity index (χ4n) is 3.87. The number of rotatable bonds is 21. The first-order chi connectivity index (χ1) is 13.1. The van der Waals surface area contributed by atoms with E-state index in [4.69, 9.17) is 0 Å². The third-order valence-electron chi connectivity index (χ3n) is 5.89. The molecule has 0 aliphatic carbocycles. The van der Waals surface area contributed by atoms with Crippen LogP contribution in [0.5, 0.6) is 0 Å². The molecule has 0 aromatic heterocycles. The van der Waals surface area contributed by atoms with E-state index in [1.54, 1.807) is 0 Å². The van der Waals surface area contributed by atoms with E-state index >= 15 is 0 Å². The van der Waals surface area contributed by atoms with Gasteiger partial charge in [0.05, 0.1) is 27.2 Å². The van der Waals surface area contributed by atoms with Gasteiger partial charge in [-0.2, -0.15) is 0 Å². The normalized spacial score (nSPS) is 12.3. The largest absolute Gasteiger partial charge is 0.328 e. The minimum Gasteiger partial charge on any atom is -0.328 e. The average molecular weight is 381 g/mol. The molecule has 0 atom stereocenters. The highest BCUT2D eigenvalue weighted by Gasteiger charge is 2.13. The van der Waals surface area contributed by atoms with Crippen molar-refractivity contribution in [1.29, 1.82) is 0 Å². The Morgan fingerprint density at radius 3 is 1.22 bits per heavy atom. The monoisotopic (exact) mass is 380 g/mol. The van der Waals surface area contributed by atoms with E-state index in [1.165, 1.54) is 133 Å². The second-order valence-corrected chi connectivity index (χ2v) is 9.38. The second kappa shape index (κ2) is 20.4. The van der Waals surface area contributed by atoms with Crippen LogP contribution in [0.15, 0.2) is 12.2 Å². The van der Waals surface area contributed by atoms with Gasteiger partial charge in [-0.1, -0.05) is 90.2 Å². The van der Waals surface area contributed by atoms with Crippen molar-refractivity contribution in [2.24, 2.45) is 0 Å². The number of hydrogen-bond donors (Lipinski definition) is 0. The third kappa shape index (κ3) is 21.9. The van der Waals surface area contributed by atoms with Crippen LogP contribution in [0.2, 0.25) is 0 Å². The molecule has 0 radical (unpaired) electrons.